The van der Waals surface area contributed by atoms with Gasteiger partial charge < -0.3 is 14.8 Å². The lowest BCUT2D eigenvalue weighted by molar-refractivity contribution is 0.113. The number of hydrogen-bond donors (Lipinski definition) is 1. The average Bonchev–Trinajstić information content (AvgIpc) is 2.39. The van der Waals surface area contributed by atoms with Gasteiger partial charge in [-0.3, -0.25) is 4.90 Å². The lowest BCUT2D eigenvalue weighted by Crippen LogP contribution is -2.31. The maximum atomic E-state index is 5.14. The highest BCUT2D eigenvalue weighted by Crippen LogP contribution is 2.02. The van der Waals surface area contributed by atoms with Gasteiger partial charge in [0.05, 0.1) is 13.2 Å². The molecule has 4 nitrogen and oxygen atoms in total. The van der Waals surface area contributed by atoms with Crippen LogP contribution in [0.25, 0.3) is 0 Å². The number of nitrogens with zero attached hydrogens (tertiary/aromatic N) is 1. The van der Waals surface area contributed by atoms with Gasteiger partial charge in [-0.2, -0.15) is 0 Å². The van der Waals surface area contributed by atoms with E-state index >= 15 is 0 Å². The second kappa shape index (κ2) is 14.3. The molecule has 0 aromatic rings. The fourth-order valence-electron chi connectivity index (χ4n) is 1.98. The minimum Gasteiger partial charge on any atom is -0.383 e. The number of unbranched alkanes of at least 4 members (excludes halogenated alkanes) is 3. The van der Waals surface area contributed by atoms with E-state index in [0.29, 0.717) is 6.04 Å². The average molecular weight is 274 g/mol. The minimum absolute atomic E-state index is 0.610. The molecule has 1 N–H and O–H groups in total. The van der Waals surface area contributed by atoms with Crippen LogP contribution in [0.2, 0.25) is 0 Å². The molecule has 0 amide bonds. The largest absolute Gasteiger partial charge is 0.383 e. The van der Waals surface area contributed by atoms with Gasteiger partial charge in [-0.05, 0) is 25.9 Å². The Morgan fingerprint density at radius 1 is 0.842 bits per heavy atom. The number of ether oxygens (including phenoxy) is 2. The van der Waals surface area contributed by atoms with Crippen LogP contribution in [0.15, 0.2) is 0 Å². The van der Waals surface area contributed by atoms with Crippen molar-refractivity contribution in [2.75, 3.05) is 53.6 Å². The molecule has 0 fully saturated rings. The summed E-state index contributed by atoms with van der Waals surface area (Å²) in [5, 5.41) is 3.46. The Kier molecular flexibility index (Phi) is 14.1. The van der Waals surface area contributed by atoms with Gasteiger partial charge in [-0.15, -0.1) is 0 Å². The molecule has 0 saturated carbocycles. The van der Waals surface area contributed by atoms with Crippen molar-refractivity contribution in [1.82, 2.24) is 10.2 Å². The molecule has 0 aliphatic rings. The van der Waals surface area contributed by atoms with Gasteiger partial charge >= 0.3 is 0 Å². The molecule has 0 aromatic carbocycles. The summed E-state index contributed by atoms with van der Waals surface area (Å²) in [7, 11) is 3.52. The van der Waals surface area contributed by atoms with Crippen LogP contribution in [-0.2, 0) is 9.47 Å². The van der Waals surface area contributed by atoms with Gasteiger partial charge in [0.25, 0.3) is 0 Å². The maximum Gasteiger partial charge on any atom is 0.0589 e. The zero-order valence-corrected chi connectivity index (χ0v) is 13.4. The molecule has 0 radical (unpaired) electrons. The van der Waals surface area contributed by atoms with Gasteiger partial charge in [-0.1, -0.05) is 26.7 Å². The van der Waals surface area contributed by atoms with Crippen LogP contribution >= 0.6 is 0 Å². The van der Waals surface area contributed by atoms with Gasteiger partial charge in [-0.25, -0.2) is 0 Å². The van der Waals surface area contributed by atoms with Crippen molar-refractivity contribution in [3.05, 3.63) is 0 Å². The topological polar surface area (TPSA) is 33.7 Å². The van der Waals surface area contributed by atoms with Crippen molar-refractivity contribution in [1.29, 1.82) is 0 Å². The summed E-state index contributed by atoms with van der Waals surface area (Å²) in [5.74, 6) is 0. The summed E-state index contributed by atoms with van der Waals surface area (Å²) in [4.78, 5) is 2.43. The van der Waals surface area contributed by atoms with Gasteiger partial charge in [0, 0.05) is 33.4 Å². The van der Waals surface area contributed by atoms with Crippen molar-refractivity contribution in [3.63, 3.8) is 0 Å². The van der Waals surface area contributed by atoms with Crippen LogP contribution in [0.1, 0.15) is 39.5 Å². The van der Waals surface area contributed by atoms with Gasteiger partial charge in [0.2, 0.25) is 0 Å². The molecule has 0 saturated heterocycles. The Balaban J connectivity index is 3.45. The van der Waals surface area contributed by atoms with Crippen LogP contribution in [0, 0.1) is 0 Å². The third kappa shape index (κ3) is 14.1. The Morgan fingerprint density at radius 3 is 1.95 bits per heavy atom. The van der Waals surface area contributed by atoms with E-state index in [-0.39, 0.29) is 0 Å². The molecule has 0 aliphatic carbocycles. The van der Waals surface area contributed by atoms with E-state index in [1.807, 2.05) is 0 Å². The molecule has 0 rings (SSSR count). The van der Waals surface area contributed by atoms with E-state index in [0.717, 1.165) is 39.4 Å². The highest BCUT2D eigenvalue weighted by molar-refractivity contribution is 4.58. The quantitative estimate of drug-likeness (QED) is 0.492. The van der Waals surface area contributed by atoms with Gasteiger partial charge in [0.15, 0.2) is 0 Å². The summed E-state index contributed by atoms with van der Waals surface area (Å²) in [6, 6.07) is 0.610. The highest BCUT2D eigenvalue weighted by Gasteiger charge is 2.03. The molecule has 0 aliphatic heterocycles. The standard InChI is InChI=1S/C15H34N2O2/c1-15(2)16-9-7-5-6-8-10-17(11-13-18-3)12-14-19-4/h15-16H,5-14H2,1-4H3. The summed E-state index contributed by atoms with van der Waals surface area (Å²) < 4.78 is 10.3. The van der Waals surface area contributed by atoms with Crippen molar-refractivity contribution >= 4 is 0 Å². The molecule has 0 unspecified atom stereocenters. The Hall–Kier alpha value is -0.160. The van der Waals surface area contributed by atoms with E-state index in [2.05, 4.69) is 24.1 Å². The summed E-state index contributed by atoms with van der Waals surface area (Å²) in [6.45, 7) is 10.3. The van der Waals surface area contributed by atoms with Crippen molar-refractivity contribution in [2.45, 2.75) is 45.6 Å². The van der Waals surface area contributed by atoms with Crippen LogP contribution < -0.4 is 5.32 Å². The first-order valence-corrected chi connectivity index (χ1v) is 7.64. The van der Waals surface area contributed by atoms with Crippen LogP contribution in [0.3, 0.4) is 0 Å². The normalized spacial score (nSPS) is 11.7. The second-order valence-corrected chi connectivity index (χ2v) is 5.35. The monoisotopic (exact) mass is 274 g/mol. The molecule has 0 bridgehead atoms. The Labute approximate surface area is 119 Å². The van der Waals surface area contributed by atoms with E-state index < -0.39 is 0 Å². The third-order valence-corrected chi connectivity index (χ3v) is 3.18. The first-order valence-electron chi connectivity index (χ1n) is 7.64. The van der Waals surface area contributed by atoms with Crippen LogP contribution in [0.4, 0.5) is 0 Å². The zero-order valence-electron chi connectivity index (χ0n) is 13.4. The predicted molar refractivity (Wildman–Crippen MR) is 81.8 cm³/mol. The van der Waals surface area contributed by atoms with Crippen molar-refractivity contribution < 1.29 is 9.47 Å². The number of nitrogens with one attached hydrogen (secondary N) is 1. The number of methoxy groups -OCH3 is 2. The molecule has 0 atom stereocenters. The third-order valence-electron chi connectivity index (χ3n) is 3.18. The van der Waals surface area contributed by atoms with Crippen LogP contribution in [-0.4, -0.2) is 64.6 Å². The Bertz CT molecular complexity index is 170. The van der Waals surface area contributed by atoms with E-state index in [4.69, 9.17) is 9.47 Å². The highest BCUT2D eigenvalue weighted by atomic mass is 16.5. The number of hydrogen-bond acceptors (Lipinski definition) is 4. The molecule has 0 aromatic heterocycles. The number of rotatable bonds is 14. The predicted octanol–water partition coefficient (Wildman–Crippen LogP) is 2.14. The first-order chi connectivity index (χ1) is 9.20. The van der Waals surface area contributed by atoms with Crippen molar-refractivity contribution in [3.8, 4) is 0 Å². The summed E-state index contributed by atoms with van der Waals surface area (Å²) in [5.41, 5.74) is 0. The van der Waals surface area contributed by atoms with E-state index in [9.17, 15) is 0 Å². The van der Waals surface area contributed by atoms with E-state index in [1.54, 1.807) is 14.2 Å². The molecule has 4 heteroatoms. The molecular weight excluding hydrogens is 240 g/mol. The Morgan fingerprint density at radius 2 is 1.42 bits per heavy atom. The second-order valence-electron chi connectivity index (χ2n) is 5.35. The molecule has 0 spiro atoms. The minimum atomic E-state index is 0.610. The molecule has 19 heavy (non-hydrogen) atoms. The molecule has 116 valence electrons. The van der Waals surface area contributed by atoms with Gasteiger partial charge in [0.1, 0.15) is 0 Å². The fraction of sp³-hybridized carbons (Fsp3) is 1.00. The smallest absolute Gasteiger partial charge is 0.0589 e. The maximum absolute atomic E-state index is 5.14. The lowest BCUT2D eigenvalue weighted by atomic mass is 10.2. The molecule has 0 heterocycles. The zero-order chi connectivity index (χ0) is 14.3. The van der Waals surface area contributed by atoms with Crippen molar-refractivity contribution in [2.24, 2.45) is 0 Å². The van der Waals surface area contributed by atoms with Crippen LogP contribution in [0.5, 0.6) is 0 Å². The summed E-state index contributed by atoms with van der Waals surface area (Å²) in [6.07, 6.45) is 5.20. The summed E-state index contributed by atoms with van der Waals surface area (Å²) >= 11 is 0. The SMILES string of the molecule is COCCN(CCCCCCNC(C)C)CCOC. The first kappa shape index (κ1) is 18.8. The fourth-order valence-corrected chi connectivity index (χ4v) is 1.98. The van der Waals surface area contributed by atoms with E-state index in [1.165, 1.54) is 25.7 Å². The lowest BCUT2D eigenvalue weighted by Gasteiger charge is -2.21. The molecular formula is C15H34N2O2.